The van der Waals surface area contributed by atoms with E-state index >= 15 is 0 Å². The second-order valence-electron chi connectivity index (χ2n) is 5.72. The highest BCUT2D eigenvalue weighted by atomic mass is 16.5. The molecule has 108 valence electrons. The van der Waals surface area contributed by atoms with E-state index in [9.17, 15) is 4.79 Å². The molecule has 0 aliphatic heterocycles. The number of isocyanates is 1. The van der Waals surface area contributed by atoms with Crippen molar-refractivity contribution in [2.75, 3.05) is 7.11 Å². The van der Waals surface area contributed by atoms with Gasteiger partial charge in [0.05, 0.1) is 11.6 Å². The van der Waals surface area contributed by atoms with Gasteiger partial charge in [0.25, 0.3) is 0 Å². The van der Waals surface area contributed by atoms with E-state index < -0.39 is 0 Å². The van der Waals surface area contributed by atoms with Crippen molar-refractivity contribution in [2.24, 2.45) is 4.99 Å². The van der Waals surface area contributed by atoms with Gasteiger partial charge in [-0.15, -0.1) is 0 Å². The first-order valence-corrected chi connectivity index (χ1v) is 7.41. The number of aliphatic imine (C=N–C) groups is 1. The first kappa shape index (κ1) is 15.0. The van der Waals surface area contributed by atoms with Crippen LogP contribution in [0.2, 0.25) is 0 Å². The zero-order valence-corrected chi connectivity index (χ0v) is 12.4. The molecule has 3 heteroatoms. The molecule has 1 aliphatic carbocycles. The molecule has 1 fully saturated rings. The average molecular weight is 273 g/mol. The highest BCUT2D eigenvalue weighted by Gasteiger charge is 2.35. The van der Waals surface area contributed by atoms with E-state index in [1.165, 1.54) is 5.56 Å². The van der Waals surface area contributed by atoms with Crippen LogP contribution >= 0.6 is 0 Å². The third-order valence-electron chi connectivity index (χ3n) is 4.42. The standard InChI is InChI=1S/C17H23NO2/c1-14(20-2)5-6-15-7-9-16(10-8-15)17(18-13-19)11-3-4-12-17/h7-10,14H,3-6,11-12H2,1-2H3. The number of carbonyl (C=O) groups excluding carboxylic acids is 1. The second-order valence-corrected chi connectivity index (χ2v) is 5.72. The van der Waals surface area contributed by atoms with E-state index in [1.807, 2.05) is 0 Å². The predicted octanol–water partition coefficient (Wildman–Crippen LogP) is 3.76. The van der Waals surface area contributed by atoms with Gasteiger partial charge in [0.1, 0.15) is 0 Å². The van der Waals surface area contributed by atoms with E-state index in [2.05, 4.69) is 36.2 Å². The molecule has 0 heterocycles. The predicted molar refractivity (Wildman–Crippen MR) is 79.5 cm³/mol. The molecule has 1 unspecified atom stereocenters. The number of hydrogen-bond acceptors (Lipinski definition) is 3. The molecule has 0 amide bonds. The summed E-state index contributed by atoms with van der Waals surface area (Å²) >= 11 is 0. The Hall–Kier alpha value is -1.44. The third-order valence-corrected chi connectivity index (χ3v) is 4.42. The fourth-order valence-electron chi connectivity index (χ4n) is 2.98. The van der Waals surface area contributed by atoms with Crippen molar-refractivity contribution in [3.8, 4) is 0 Å². The normalized spacial score (nSPS) is 18.5. The molecule has 1 aromatic carbocycles. The van der Waals surface area contributed by atoms with Crippen LogP contribution in [0.25, 0.3) is 0 Å². The Bertz CT molecular complexity index is 468. The molecule has 1 saturated carbocycles. The quantitative estimate of drug-likeness (QED) is 0.584. The Kier molecular flexibility index (Phi) is 5.11. The molecule has 1 aromatic rings. The maximum absolute atomic E-state index is 10.7. The SMILES string of the molecule is COC(C)CCc1ccc(C2(N=C=O)CCCC2)cc1. The molecule has 1 atom stereocenters. The van der Waals surface area contributed by atoms with Gasteiger partial charge >= 0.3 is 0 Å². The van der Waals surface area contributed by atoms with Crippen molar-refractivity contribution < 1.29 is 9.53 Å². The summed E-state index contributed by atoms with van der Waals surface area (Å²) in [4.78, 5) is 14.8. The number of ether oxygens (including phenoxy) is 1. The van der Waals surface area contributed by atoms with Crippen LogP contribution in [0.15, 0.2) is 29.3 Å². The Labute approximate surface area is 121 Å². The fraction of sp³-hybridized carbons (Fsp3) is 0.588. The molecule has 20 heavy (non-hydrogen) atoms. The lowest BCUT2D eigenvalue weighted by molar-refractivity contribution is 0.111. The summed E-state index contributed by atoms with van der Waals surface area (Å²) in [5.74, 6) is 0. The number of aryl methyl sites for hydroxylation is 1. The average Bonchev–Trinajstić information content (AvgIpc) is 2.95. The number of benzene rings is 1. The summed E-state index contributed by atoms with van der Waals surface area (Å²) in [5.41, 5.74) is 2.16. The van der Waals surface area contributed by atoms with Gasteiger partial charge < -0.3 is 4.74 Å². The molecule has 0 aromatic heterocycles. The van der Waals surface area contributed by atoms with Crippen LogP contribution in [-0.2, 0) is 21.5 Å². The molecule has 1 aliphatic rings. The first-order valence-electron chi connectivity index (χ1n) is 7.41. The topological polar surface area (TPSA) is 38.7 Å². The van der Waals surface area contributed by atoms with E-state index in [0.29, 0.717) is 0 Å². The largest absolute Gasteiger partial charge is 0.382 e. The number of hydrogen-bond donors (Lipinski definition) is 0. The molecular weight excluding hydrogens is 250 g/mol. The summed E-state index contributed by atoms with van der Waals surface area (Å²) in [6, 6.07) is 8.55. The smallest absolute Gasteiger partial charge is 0.235 e. The van der Waals surface area contributed by atoms with Crippen molar-refractivity contribution in [3.05, 3.63) is 35.4 Å². The second kappa shape index (κ2) is 6.83. The summed E-state index contributed by atoms with van der Waals surface area (Å²) < 4.78 is 5.27. The van der Waals surface area contributed by atoms with Gasteiger partial charge in [0.15, 0.2) is 0 Å². The van der Waals surface area contributed by atoms with Gasteiger partial charge in [0, 0.05) is 7.11 Å². The molecule has 0 bridgehead atoms. The zero-order valence-electron chi connectivity index (χ0n) is 12.4. The van der Waals surface area contributed by atoms with Crippen LogP contribution in [0.1, 0.15) is 50.2 Å². The minimum atomic E-state index is -0.305. The van der Waals surface area contributed by atoms with Crippen LogP contribution in [0.4, 0.5) is 0 Å². The van der Waals surface area contributed by atoms with E-state index in [-0.39, 0.29) is 11.6 Å². The summed E-state index contributed by atoms with van der Waals surface area (Å²) in [5, 5.41) is 0. The number of rotatable bonds is 6. The van der Waals surface area contributed by atoms with Crippen LogP contribution in [0.3, 0.4) is 0 Å². The summed E-state index contributed by atoms with van der Waals surface area (Å²) in [7, 11) is 1.75. The van der Waals surface area contributed by atoms with Crippen molar-refractivity contribution in [1.29, 1.82) is 0 Å². The van der Waals surface area contributed by atoms with Gasteiger partial charge in [-0.05, 0) is 43.7 Å². The lowest BCUT2D eigenvalue weighted by Gasteiger charge is -2.23. The van der Waals surface area contributed by atoms with Gasteiger partial charge in [-0.3, -0.25) is 0 Å². The van der Waals surface area contributed by atoms with E-state index in [0.717, 1.165) is 44.1 Å². The lowest BCUT2D eigenvalue weighted by atomic mass is 9.88. The summed E-state index contributed by atoms with van der Waals surface area (Å²) in [6.07, 6.45) is 8.29. The lowest BCUT2D eigenvalue weighted by Crippen LogP contribution is -2.18. The fourth-order valence-corrected chi connectivity index (χ4v) is 2.98. The van der Waals surface area contributed by atoms with Gasteiger partial charge in [0.2, 0.25) is 6.08 Å². The molecule has 2 rings (SSSR count). The van der Waals surface area contributed by atoms with Crippen LogP contribution < -0.4 is 0 Å². The maximum Gasteiger partial charge on any atom is 0.235 e. The van der Waals surface area contributed by atoms with E-state index in [4.69, 9.17) is 4.74 Å². The molecule has 0 saturated heterocycles. The van der Waals surface area contributed by atoms with Crippen molar-refractivity contribution in [2.45, 2.75) is 57.1 Å². The number of nitrogens with zero attached hydrogens (tertiary/aromatic N) is 1. The van der Waals surface area contributed by atoms with Gasteiger partial charge in [-0.1, -0.05) is 37.1 Å². The van der Waals surface area contributed by atoms with Crippen LogP contribution in [-0.4, -0.2) is 19.3 Å². The highest BCUT2D eigenvalue weighted by molar-refractivity contribution is 5.39. The maximum atomic E-state index is 10.7. The molecular formula is C17H23NO2. The molecule has 3 nitrogen and oxygen atoms in total. The van der Waals surface area contributed by atoms with Crippen molar-refractivity contribution >= 4 is 6.08 Å². The van der Waals surface area contributed by atoms with Crippen LogP contribution in [0.5, 0.6) is 0 Å². The molecule has 0 radical (unpaired) electrons. The minimum Gasteiger partial charge on any atom is -0.382 e. The van der Waals surface area contributed by atoms with Gasteiger partial charge in [-0.25, -0.2) is 4.79 Å². The molecule has 0 spiro atoms. The Morgan fingerprint density at radius 2 is 1.95 bits per heavy atom. The van der Waals surface area contributed by atoms with Crippen molar-refractivity contribution in [3.63, 3.8) is 0 Å². The van der Waals surface area contributed by atoms with Crippen LogP contribution in [0, 0.1) is 0 Å². The molecule has 0 N–H and O–H groups in total. The zero-order chi connectivity index (χ0) is 14.4. The minimum absolute atomic E-state index is 0.288. The van der Waals surface area contributed by atoms with Crippen molar-refractivity contribution in [1.82, 2.24) is 0 Å². The highest BCUT2D eigenvalue weighted by Crippen LogP contribution is 2.42. The number of methoxy groups -OCH3 is 1. The van der Waals surface area contributed by atoms with Gasteiger partial charge in [-0.2, -0.15) is 4.99 Å². The Morgan fingerprint density at radius 3 is 2.50 bits per heavy atom. The first-order chi connectivity index (χ1) is 9.70. The Balaban J connectivity index is 2.09. The summed E-state index contributed by atoms with van der Waals surface area (Å²) in [6.45, 7) is 2.08. The third kappa shape index (κ3) is 3.36. The monoisotopic (exact) mass is 273 g/mol. The van der Waals surface area contributed by atoms with E-state index in [1.54, 1.807) is 13.2 Å². The Morgan fingerprint density at radius 1 is 1.30 bits per heavy atom.